The molecule has 7 heteroatoms. The lowest BCUT2D eigenvalue weighted by Crippen LogP contribution is -2.59. The van der Waals surface area contributed by atoms with Gasteiger partial charge in [0.05, 0.1) is 5.41 Å². The highest BCUT2D eigenvalue weighted by Gasteiger charge is 2.54. The second-order valence-corrected chi connectivity index (χ2v) is 9.95. The molecule has 2 N–H and O–H groups in total. The van der Waals surface area contributed by atoms with Gasteiger partial charge in [-0.1, -0.05) is 55.0 Å². The zero-order valence-electron chi connectivity index (χ0n) is 19.4. The average Bonchev–Trinajstić information content (AvgIpc) is 3.36. The van der Waals surface area contributed by atoms with Crippen molar-refractivity contribution in [1.29, 1.82) is 0 Å². The van der Waals surface area contributed by atoms with Crippen LogP contribution in [0, 0.1) is 5.41 Å². The summed E-state index contributed by atoms with van der Waals surface area (Å²) in [7, 11) is 0. The number of aliphatic carboxylic acids is 1. The SMILES string of the molecule is C[C@]1(C(=O)O)CCCN1C(=O)C1(CNC(=O)OCC2c3ccccc3-c3ccccc32)CCC1. The van der Waals surface area contributed by atoms with Gasteiger partial charge < -0.3 is 20.1 Å². The first-order chi connectivity index (χ1) is 16.4. The van der Waals surface area contributed by atoms with Crippen molar-refractivity contribution in [2.45, 2.75) is 50.5 Å². The third kappa shape index (κ3) is 3.54. The first kappa shape index (κ1) is 22.4. The molecule has 0 bridgehead atoms. The lowest BCUT2D eigenvalue weighted by atomic mass is 9.67. The van der Waals surface area contributed by atoms with E-state index in [0.717, 1.165) is 17.5 Å². The lowest BCUT2D eigenvalue weighted by Gasteiger charge is -2.45. The molecule has 2 aromatic carbocycles. The van der Waals surface area contributed by atoms with Gasteiger partial charge in [-0.2, -0.15) is 0 Å². The Bertz CT molecular complexity index is 1100. The van der Waals surface area contributed by atoms with Crippen molar-refractivity contribution in [3.05, 3.63) is 59.7 Å². The van der Waals surface area contributed by atoms with Crippen LogP contribution in [0.1, 0.15) is 56.1 Å². The summed E-state index contributed by atoms with van der Waals surface area (Å²) in [6.45, 7) is 2.43. The van der Waals surface area contributed by atoms with Crippen LogP contribution < -0.4 is 5.32 Å². The molecule has 1 aliphatic heterocycles. The molecule has 2 aromatic rings. The van der Waals surface area contributed by atoms with Gasteiger partial charge in [0.25, 0.3) is 0 Å². The van der Waals surface area contributed by atoms with Gasteiger partial charge in [0, 0.05) is 19.0 Å². The van der Waals surface area contributed by atoms with E-state index in [-0.39, 0.29) is 25.0 Å². The van der Waals surface area contributed by atoms with Gasteiger partial charge in [-0.05, 0) is 54.9 Å². The van der Waals surface area contributed by atoms with Crippen LogP contribution >= 0.6 is 0 Å². The highest BCUT2D eigenvalue weighted by molar-refractivity contribution is 5.91. The van der Waals surface area contributed by atoms with Gasteiger partial charge in [0.1, 0.15) is 12.1 Å². The molecular formula is C27H30N2O5. The normalized spacial score (nSPS) is 22.4. The minimum absolute atomic E-state index is 0.0293. The molecule has 1 saturated carbocycles. The zero-order valence-corrected chi connectivity index (χ0v) is 19.4. The molecule has 2 amide bonds. The molecule has 2 aliphatic carbocycles. The van der Waals surface area contributed by atoms with Crippen LogP contribution in [0.5, 0.6) is 0 Å². The van der Waals surface area contributed by atoms with E-state index in [0.29, 0.717) is 32.2 Å². The Morgan fingerprint density at radius 3 is 2.18 bits per heavy atom. The van der Waals surface area contributed by atoms with Crippen molar-refractivity contribution >= 4 is 18.0 Å². The number of ether oxygens (including phenoxy) is 1. The fraction of sp³-hybridized carbons (Fsp3) is 0.444. The number of carboxylic acids is 1. The molecule has 1 heterocycles. The van der Waals surface area contributed by atoms with E-state index in [2.05, 4.69) is 29.6 Å². The van der Waals surface area contributed by atoms with Crippen molar-refractivity contribution < 1.29 is 24.2 Å². The predicted molar refractivity (Wildman–Crippen MR) is 126 cm³/mol. The summed E-state index contributed by atoms with van der Waals surface area (Å²) in [4.78, 5) is 39.4. The number of hydrogen-bond donors (Lipinski definition) is 2. The van der Waals surface area contributed by atoms with Crippen LogP contribution in [-0.4, -0.2) is 53.2 Å². The van der Waals surface area contributed by atoms with E-state index in [1.807, 2.05) is 24.3 Å². The number of fused-ring (bicyclic) bond motifs is 3. The number of likely N-dealkylation sites (tertiary alicyclic amines) is 1. The molecule has 0 radical (unpaired) electrons. The van der Waals surface area contributed by atoms with E-state index < -0.39 is 23.0 Å². The quantitative estimate of drug-likeness (QED) is 0.672. The van der Waals surface area contributed by atoms with Crippen LogP contribution in [0.15, 0.2) is 48.5 Å². The number of carboxylic acid groups (broad SMARTS) is 1. The van der Waals surface area contributed by atoms with E-state index in [1.165, 1.54) is 16.0 Å². The summed E-state index contributed by atoms with van der Waals surface area (Å²) in [5.74, 6) is -1.17. The smallest absolute Gasteiger partial charge is 0.407 e. The minimum Gasteiger partial charge on any atom is -0.480 e. The van der Waals surface area contributed by atoms with Crippen molar-refractivity contribution in [2.75, 3.05) is 19.7 Å². The Labute approximate surface area is 199 Å². The summed E-state index contributed by atoms with van der Waals surface area (Å²) >= 11 is 0. The Balaban J connectivity index is 1.23. The third-order valence-corrected chi connectivity index (χ3v) is 8.03. The maximum atomic E-state index is 13.4. The summed E-state index contributed by atoms with van der Waals surface area (Å²) in [5.41, 5.74) is 2.69. The van der Waals surface area contributed by atoms with E-state index in [4.69, 9.17) is 4.74 Å². The molecule has 5 rings (SSSR count). The molecule has 1 atom stereocenters. The summed E-state index contributed by atoms with van der Waals surface area (Å²) in [6, 6.07) is 16.3. The number of hydrogen-bond acceptors (Lipinski definition) is 4. The number of carbonyl (C=O) groups is 3. The van der Waals surface area contributed by atoms with Gasteiger partial charge in [-0.25, -0.2) is 9.59 Å². The summed E-state index contributed by atoms with van der Waals surface area (Å²) < 4.78 is 5.62. The monoisotopic (exact) mass is 462 g/mol. The molecule has 34 heavy (non-hydrogen) atoms. The van der Waals surface area contributed by atoms with Crippen LogP contribution in [0.3, 0.4) is 0 Å². The fourth-order valence-corrected chi connectivity index (χ4v) is 5.76. The molecule has 3 aliphatic rings. The van der Waals surface area contributed by atoms with Gasteiger partial charge in [0.15, 0.2) is 0 Å². The van der Waals surface area contributed by atoms with Crippen LogP contribution in [0.2, 0.25) is 0 Å². The zero-order chi connectivity index (χ0) is 23.9. The third-order valence-electron chi connectivity index (χ3n) is 8.03. The van der Waals surface area contributed by atoms with Crippen molar-refractivity contribution in [3.63, 3.8) is 0 Å². The van der Waals surface area contributed by atoms with Gasteiger partial charge in [-0.15, -0.1) is 0 Å². The lowest BCUT2D eigenvalue weighted by molar-refractivity contribution is -0.162. The number of nitrogens with one attached hydrogen (secondary N) is 1. The van der Waals surface area contributed by atoms with Crippen LogP contribution in [0.4, 0.5) is 4.79 Å². The van der Waals surface area contributed by atoms with Crippen LogP contribution in [-0.2, 0) is 14.3 Å². The van der Waals surface area contributed by atoms with Gasteiger partial charge in [-0.3, -0.25) is 4.79 Å². The molecule has 0 aromatic heterocycles. The molecular weight excluding hydrogens is 432 g/mol. The number of alkyl carbamates (subject to hydrolysis) is 1. The number of amides is 2. The Morgan fingerprint density at radius 2 is 1.62 bits per heavy atom. The molecule has 7 nitrogen and oxygen atoms in total. The largest absolute Gasteiger partial charge is 0.480 e. The maximum Gasteiger partial charge on any atom is 0.407 e. The van der Waals surface area contributed by atoms with Crippen molar-refractivity contribution in [3.8, 4) is 11.1 Å². The average molecular weight is 463 g/mol. The van der Waals surface area contributed by atoms with Crippen LogP contribution in [0.25, 0.3) is 11.1 Å². The highest BCUT2D eigenvalue weighted by Crippen LogP contribution is 2.46. The van der Waals surface area contributed by atoms with Crippen molar-refractivity contribution in [1.82, 2.24) is 10.2 Å². The fourth-order valence-electron chi connectivity index (χ4n) is 5.76. The number of nitrogens with zero attached hydrogens (tertiary/aromatic N) is 1. The Morgan fingerprint density at radius 1 is 1.00 bits per heavy atom. The first-order valence-corrected chi connectivity index (χ1v) is 12.0. The predicted octanol–water partition coefficient (Wildman–Crippen LogP) is 4.16. The van der Waals surface area contributed by atoms with Crippen molar-refractivity contribution in [2.24, 2.45) is 5.41 Å². The minimum atomic E-state index is -1.18. The Kier molecular flexibility index (Phi) is 5.58. The molecule has 0 spiro atoms. The van der Waals surface area contributed by atoms with E-state index in [1.54, 1.807) is 6.92 Å². The first-order valence-electron chi connectivity index (χ1n) is 12.0. The molecule has 2 fully saturated rings. The molecule has 0 unspecified atom stereocenters. The number of rotatable bonds is 6. The summed E-state index contributed by atoms with van der Waals surface area (Å²) in [6.07, 6.45) is 2.73. The maximum absolute atomic E-state index is 13.4. The van der Waals surface area contributed by atoms with Gasteiger partial charge in [0.2, 0.25) is 5.91 Å². The highest BCUT2D eigenvalue weighted by atomic mass is 16.5. The van der Waals surface area contributed by atoms with E-state index >= 15 is 0 Å². The second kappa shape index (κ2) is 8.46. The number of benzene rings is 2. The molecule has 1 saturated heterocycles. The second-order valence-electron chi connectivity index (χ2n) is 9.95. The number of carbonyl (C=O) groups excluding carboxylic acids is 2. The topological polar surface area (TPSA) is 95.9 Å². The molecule has 178 valence electrons. The Hall–Kier alpha value is -3.35. The van der Waals surface area contributed by atoms with Gasteiger partial charge >= 0.3 is 12.1 Å². The van der Waals surface area contributed by atoms with E-state index in [9.17, 15) is 19.5 Å². The summed E-state index contributed by atoms with van der Waals surface area (Å²) in [5, 5.41) is 12.5. The standard InChI is InChI=1S/C27H30N2O5/c1-26(24(31)32)12-7-15-29(26)23(30)27(13-6-14-27)17-28-25(33)34-16-22-20-10-4-2-8-18(20)19-9-3-5-11-21(19)22/h2-5,8-11,22H,6-7,12-17H2,1H3,(H,28,33)(H,31,32)/t26-/m1/s1.